The maximum absolute atomic E-state index is 14.0. The minimum atomic E-state index is -4.60. The highest BCUT2D eigenvalue weighted by Crippen LogP contribution is 2.44. The van der Waals surface area contributed by atoms with Crippen LogP contribution in [0.4, 0.5) is 24.7 Å². The van der Waals surface area contributed by atoms with Gasteiger partial charge < -0.3 is 29.6 Å². The maximum atomic E-state index is 14.0. The van der Waals surface area contributed by atoms with Crippen molar-refractivity contribution in [2.75, 3.05) is 39.1 Å². The number of carbonyl (C=O) groups excluding carboxylic acids is 1. The number of hydrogen-bond donors (Lipinski definition) is 2. The first-order chi connectivity index (χ1) is 17.2. The molecule has 4 rings (SSSR count). The third-order valence-corrected chi connectivity index (χ3v) is 5.89. The van der Waals surface area contributed by atoms with E-state index in [1.165, 1.54) is 40.6 Å². The number of nitrogens with one attached hydrogen (secondary N) is 2. The Morgan fingerprint density at radius 2 is 1.67 bits per heavy atom. The van der Waals surface area contributed by atoms with Gasteiger partial charge in [-0.05, 0) is 29.8 Å². The van der Waals surface area contributed by atoms with E-state index in [0.717, 1.165) is 4.68 Å². The van der Waals surface area contributed by atoms with Gasteiger partial charge in [-0.3, -0.25) is 4.79 Å². The lowest BCUT2D eigenvalue weighted by Crippen LogP contribution is -2.35. The van der Waals surface area contributed by atoms with Crippen LogP contribution >= 0.6 is 0 Å². The lowest BCUT2D eigenvalue weighted by Gasteiger charge is -2.33. The van der Waals surface area contributed by atoms with Crippen LogP contribution < -0.4 is 29.6 Å². The van der Waals surface area contributed by atoms with E-state index >= 15 is 0 Å². The molecule has 3 aromatic rings. The SMILES string of the molecule is COc1ccc(OC)c(NC(=O)c2cc3n(n2)[C@H](C(F)(F)F)C[C@H](c2ccc(OC)c(OC)c2)N3)c1. The summed E-state index contributed by atoms with van der Waals surface area (Å²) in [6, 6.07) is 8.33. The van der Waals surface area contributed by atoms with Crippen LogP contribution in [-0.4, -0.2) is 50.3 Å². The molecule has 2 heterocycles. The molecule has 192 valence electrons. The van der Waals surface area contributed by atoms with Crippen molar-refractivity contribution in [1.82, 2.24) is 9.78 Å². The Labute approximate surface area is 205 Å². The first kappa shape index (κ1) is 25.0. The molecule has 0 saturated heterocycles. The van der Waals surface area contributed by atoms with Crippen LogP contribution in [0.15, 0.2) is 42.5 Å². The van der Waals surface area contributed by atoms with Crippen LogP contribution in [0.2, 0.25) is 0 Å². The van der Waals surface area contributed by atoms with Gasteiger partial charge in [0.15, 0.2) is 23.2 Å². The number of nitrogens with zero attached hydrogens (tertiary/aromatic N) is 2. The molecule has 0 fully saturated rings. The Bertz CT molecular complexity index is 1260. The van der Waals surface area contributed by atoms with Gasteiger partial charge in [0, 0.05) is 18.6 Å². The number of fused-ring (bicyclic) bond motifs is 1. The fourth-order valence-electron chi connectivity index (χ4n) is 4.07. The predicted octanol–water partition coefficient (Wildman–Crippen LogP) is 4.83. The number of amides is 1. The Kier molecular flexibility index (Phi) is 6.86. The number of halogens is 3. The minimum absolute atomic E-state index is 0.0612. The molecule has 2 N–H and O–H groups in total. The third-order valence-electron chi connectivity index (χ3n) is 5.89. The minimum Gasteiger partial charge on any atom is -0.497 e. The van der Waals surface area contributed by atoms with Crippen molar-refractivity contribution < 1.29 is 36.9 Å². The number of carbonyl (C=O) groups is 1. The Morgan fingerprint density at radius 1 is 0.972 bits per heavy atom. The summed E-state index contributed by atoms with van der Waals surface area (Å²) in [4.78, 5) is 12.9. The van der Waals surface area contributed by atoms with Gasteiger partial charge in [-0.1, -0.05) is 6.07 Å². The summed E-state index contributed by atoms with van der Waals surface area (Å²) in [6.45, 7) is 0. The second-order valence-corrected chi connectivity index (χ2v) is 7.98. The van der Waals surface area contributed by atoms with Crippen LogP contribution in [0, 0.1) is 0 Å². The number of aromatic nitrogens is 2. The van der Waals surface area contributed by atoms with Crippen LogP contribution in [0.1, 0.15) is 34.6 Å². The van der Waals surface area contributed by atoms with Crippen molar-refractivity contribution in [3.8, 4) is 23.0 Å². The van der Waals surface area contributed by atoms with Gasteiger partial charge in [0.1, 0.15) is 17.3 Å². The molecule has 0 saturated carbocycles. The van der Waals surface area contributed by atoms with E-state index in [-0.39, 0.29) is 23.6 Å². The Morgan fingerprint density at radius 3 is 2.31 bits per heavy atom. The smallest absolute Gasteiger partial charge is 0.410 e. The topological polar surface area (TPSA) is 95.9 Å². The van der Waals surface area contributed by atoms with E-state index in [1.54, 1.807) is 30.3 Å². The zero-order chi connectivity index (χ0) is 26.0. The molecule has 0 spiro atoms. The molecule has 0 unspecified atom stereocenters. The average Bonchev–Trinajstić information content (AvgIpc) is 3.31. The number of alkyl halides is 3. The normalized spacial score (nSPS) is 17.0. The Balaban J connectivity index is 1.66. The van der Waals surface area contributed by atoms with Crippen molar-refractivity contribution >= 4 is 17.4 Å². The van der Waals surface area contributed by atoms with Crippen molar-refractivity contribution in [3.05, 3.63) is 53.7 Å². The molecule has 12 heteroatoms. The van der Waals surface area contributed by atoms with Gasteiger partial charge in [-0.15, -0.1) is 0 Å². The largest absolute Gasteiger partial charge is 0.497 e. The first-order valence-corrected chi connectivity index (χ1v) is 10.9. The first-order valence-electron chi connectivity index (χ1n) is 10.9. The number of hydrogen-bond acceptors (Lipinski definition) is 7. The predicted molar refractivity (Wildman–Crippen MR) is 125 cm³/mol. The molecule has 36 heavy (non-hydrogen) atoms. The molecule has 0 aliphatic carbocycles. The van der Waals surface area contributed by atoms with Crippen LogP contribution in [0.5, 0.6) is 23.0 Å². The number of anilines is 2. The molecule has 1 aliphatic rings. The number of ether oxygens (including phenoxy) is 4. The second-order valence-electron chi connectivity index (χ2n) is 7.98. The van der Waals surface area contributed by atoms with Gasteiger partial charge in [-0.25, -0.2) is 4.68 Å². The fourth-order valence-corrected chi connectivity index (χ4v) is 4.07. The van der Waals surface area contributed by atoms with Gasteiger partial charge >= 0.3 is 6.18 Å². The zero-order valence-corrected chi connectivity index (χ0v) is 20.0. The maximum Gasteiger partial charge on any atom is 0.410 e. The van der Waals surface area contributed by atoms with Crippen LogP contribution in [-0.2, 0) is 0 Å². The van der Waals surface area contributed by atoms with Gasteiger partial charge in [0.2, 0.25) is 0 Å². The van der Waals surface area contributed by atoms with Crippen LogP contribution in [0.25, 0.3) is 0 Å². The van der Waals surface area contributed by atoms with E-state index in [0.29, 0.717) is 28.6 Å². The molecule has 1 aliphatic heterocycles. The van der Waals surface area contributed by atoms with Crippen molar-refractivity contribution in [2.45, 2.75) is 24.7 Å². The highest BCUT2D eigenvalue weighted by molar-refractivity contribution is 6.04. The summed E-state index contributed by atoms with van der Waals surface area (Å²) in [5, 5.41) is 9.68. The summed E-state index contributed by atoms with van der Waals surface area (Å²) in [6.07, 6.45) is -4.93. The van der Waals surface area contributed by atoms with Crippen molar-refractivity contribution in [3.63, 3.8) is 0 Å². The molecule has 2 aromatic carbocycles. The summed E-state index contributed by atoms with van der Waals surface area (Å²) in [5.41, 5.74) is 0.669. The second kappa shape index (κ2) is 9.88. The number of rotatable bonds is 7. The van der Waals surface area contributed by atoms with Gasteiger partial charge in [0.05, 0.1) is 40.2 Å². The van der Waals surface area contributed by atoms with E-state index in [9.17, 15) is 18.0 Å². The summed E-state index contributed by atoms with van der Waals surface area (Å²) in [7, 11) is 5.82. The quantitative estimate of drug-likeness (QED) is 0.474. The van der Waals surface area contributed by atoms with E-state index in [2.05, 4.69) is 15.7 Å². The fraction of sp³-hybridized carbons (Fsp3) is 0.333. The summed E-state index contributed by atoms with van der Waals surface area (Å²) < 4.78 is 63.9. The van der Waals surface area contributed by atoms with Gasteiger partial charge in [-0.2, -0.15) is 18.3 Å². The number of benzene rings is 2. The van der Waals surface area contributed by atoms with Crippen molar-refractivity contribution in [2.24, 2.45) is 0 Å². The molecule has 1 aromatic heterocycles. The van der Waals surface area contributed by atoms with Gasteiger partial charge in [0.25, 0.3) is 5.91 Å². The lowest BCUT2D eigenvalue weighted by molar-refractivity contribution is -0.173. The third kappa shape index (κ3) is 4.83. The zero-order valence-electron chi connectivity index (χ0n) is 20.0. The average molecular weight is 506 g/mol. The van der Waals surface area contributed by atoms with E-state index in [4.69, 9.17) is 18.9 Å². The molecule has 0 radical (unpaired) electrons. The van der Waals surface area contributed by atoms with E-state index < -0.39 is 24.2 Å². The molecule has 2 atom stereocenters. The standard InChI is InChI=1S/C24H25F3N4O5/c1-33-14-6-8-18(34-2)16(10-14)29-23(32)17-12-22-28-15(11-21(24(25,26)27)31(22)30-17)13-5-7-19(35-3)20(9-13)36-4/h5-10,12,15,21,28H,11H2,1-4H3,(H,29,32)/t15-,21+/m1/s1. The monoisotopic (exact) mass is 506 g/mol. The number of methoxy groups -OCH3 is 4. The Hall–Kier alpha value is -4.09. The summed E-state index contributed by atoms with van der Waals surface area (Å²) in [5.74, 6) is 1.04. The highest BCUT2D eigenvalue weighted by Gasteiger charge is 2.47. The summed E-state index contributed by atoms with van der Waals surface area (Å²) >= 11 is 0. The lowest BCUT2D eigenvalue weighted by atomic mass is 9.96. The molecular formula is C24H25F3N4O5. The van der Waals surface area contributed by atoms with Crippen molar-refractivity contribution in [1.29, 1.82) is 0 Å². The molecule has 0 bridgehead atoms. The van der Waals surface area contributed by atoms with E-state index in [1.807, 2.05) is 0 Å². The van der Waals surface area contributed by atoms with Crippen LogP contribution in [0.3, 0.4) is 0 Å². The molecular weight excluding hydrogens is 481 g/mol. The molecule has 1 amide bonds. The molecule has 9 nitrogen and oxygen atoms in total. The highest BCUT2D eigenvalue weighted by atomic mass is 19.4.